The topological polar surface area (TPSA) is 0 Å². The van der Waals surface area contributed by atoms with Crippen molar-refractivity contribution in [1.82, 2.24) is 0 Å². The van der Waals surface area contributed by atoms with Crippen LogP contribution in [0.3, 0.4) is 0 Å². The van der Waals surface area contributed by atoms with E-state index in [9.17, 15) is 0 Å². The maximum Gasteiger partial charge on any atom is -0.0440 e. The van der Waals surface area contributed by atoms with Gasteiger partial charge in [-0.3, -0.25) is 0 Å². The Labute approximate surface area is 98.9 Å². The Morgan fingerprint density at radius 3 is 1.60 bits per heavy atom. The minimum Gasteiger partial charge on any atom is -0.0683 e. The Morgan fingerprint density at radius 2 is 1.20 bits per heavy atom. The highest BCUT2D eigenvalue weighted by Gasteiger charge is 2.07. The maximum atomic E-state index is 2.40. The highest BCUT2D eigenvalue weighted by molar-refractivity contribution is 4.59. The quantitative estimate of drug-likeness (QED) is 0.494. The summed E-state index contributed by atoms with van der Waals surface area (Å²) in [6.45, 7) is 15.7. The van der Waals surface area contributed by atoms with Crippen LogP contribution < -0.4 is 0 Å². The lowest BCUT2D eigenvalue weighted by molar-refractivity contribution is 0.362. The highest BCUT2D eigenvalue weighted by Crippen LogP contribution is 2.21. The Bertz CT molecular complexity index is 105. The molecule has 94 valence electrons. The SMILES string of the molecule is CC.CCCC(C)CCC(C)CC(C)C. The third kappa shape index (κ3) is 14.0. The van der Waals surface area contributed by atoms with Crippen LogP contribution in [-0.2, 0) is 0 Å². The van der Waals surface area contributed by atoms with E-state index in [0.29, 0.717) is 0 Å². The molecule has 2 atom stereocenters. The van der Waals surface area contributed by atoms with E-state index in [2.05, 4.69) is 34.6 Å². The average Bonchev–Trinajstić information content (AvgIpc) is 2.17. The van der Waals surface area contributed by atoms with Crippen molar-refractivity contribution in [3.8, 4) is 0 Å². The van der Waals surface area contributed by atoms with Crippen LogP contribution in [0.2, 0.25) is 0 Å². The second-order valence-corrected chi connectivity index (χ2v) is 5.21. The summed E-state index contributed by atoms with van der Waals surface area (Å²) in [7, 11) is 0. The summed E-state index contributed by atoms with van der Waals surface area (Å²) in [5, 5.41) is 0. The summed E-state index contributed by atoms with van der Waals surface area (Å²) in [5.74, 6) is 2.75. The van der Waals surface area contributed by atoms with E-state index in [1.807, 2.05) is 13.8 Å². The van der Waals surface area contributed by atoms with Gasteiger partial charge in [-0.2, -0.15) is 0 Å². The minimum absolute atomic E-state index is 0.872. The Morgan fingerprint density at radius 1 is 0.733 bits per heavy atom. The lowest BCUT2D eigenvalue weighted by Crippen LogP contribution is -2.03. The first-order valence-electron chi connectivity index (χ1n) is 7.06. The van der Waals surface area contributed by atoms with Crippen LogP contribution in [0.1, 0.15) is 80.6 Å². The molecule has 0 nitrogen and oxygen atoms in total. The monoisotopic (exact) mass is 214 g/mol. The largest absolute Gasteiger partial charge is 0.0683 e. The van der Waals surface area contributed by atoms with Gasteiger partial charge in [0, 0.05) is 0 Å². The molecule has 0 heteroatoms. The summed E-state index contributed by atoms with van der Waals surface area (Å²) in [4.78, 5) is 0. The molecule has 0 radical (unpaired) electrons. The number of hydrogen-bond donors (Lipinski definition) is 0. The zero-order valence-corrected chi connectivity index (χ0v) is 12.3. The molecule has 15 heavy (non-hydrogen) atoms. The molecule has 0 aliphatic carbocycles. The highest BCUT2D eigenvalue weighted by atomic mass is 14.1. The van der Waals surface area contributed by atoms with Gasteiger partial charge in [0.05, 0.1) is 0 Å². The van der Waals surface area contributed by atoms with E-state index >= 15 is 0 Å². The molecule has 0 fully saturated rings. The number of hydrogen-bond acceptors (Lipinski definition) is 0. The molecule has 0 N–H and O–H groups in total. The average molecular weight is 214 g/mol. The fraction of sp³-hybridized carbons (Fsp3) is 1.00. The molecule has 0 aliphatic heterocycles. The molecule has 0 aromatic carbocycles. The van der Waals surface area contributed by atoms with Crippen molar-refractivity contribution in [2.45, 2.75) is 80.6 Å². The molecule has 0 spiro atoms. The fourth-order valence-corrected chi connectivity index (χ4v) is 2.13. The smallest absolute Gasteiger partial charge is 0.0440 e. The van der Waals surface area contributed by atoms with Crippen molar-refractivity contribution in [3.63, 3.8) is 0 Å². The van der Waals surface area contributed by atoms with Crippen LogP contribution >= 0.6 is 0 Å². The minimum atomic E-state index is 0.872. The van der Waals surface area contributed by atoms with Crippen molar-refractivity contribution in [3.05, 3.63) is 0 Å². The molecule has 0 aromatic rings. The Kier molecular flexibility index (Phi) is 14.0. The Balaban J connectivity index is 0. The molecule has 0 heterocycles. The van der Waals surface area contributed by atoms with Crippen LogP contribution in [0.5, 0.6) is 0 Å². The molecule has 0 bridgehead atoms. The first kappa shape index (κ1) is 17.4. The molecule has 2 unspecified atom stereocenters. The van der Waals surface area contributed by atoms with Crippen molar-refractivity contribution in [1.29, 1.82) is 0 Å². The second-order valence-electron chi connectivity index (χ2n) is 5.21. The van der Waals surface area contributed by atoms with Gasteiger partial charge in [0.1, 0.15) is 0 Å². The van der Waals surface area contributed by atoms with Gasteiger partial charge in [-0.25, -0.2) is 0 Å². The van der Waals surface area contributed by atoms with Gasteiger partial charge < -0.3 is 0 Å². The summed E-state index contributed by atoms with van der Waals surface area (Å²) in [6.07, 6.45) is 7.02. The fourth-order valence-electron chi connectivity index (χ4n) is 2.13. The summed E-state index contributed by atoms with van der Waals surface area (Å²) < 4.78 is 0. The van der Waals surface area contributed by atoms with Crippen LogP contribution in [-0.4, -0.2) is 0 Å². The van der Waals surface area contributed by atoms with Crippen molar-refractivity contribution in [2.24, 2.45) is 17.8 Å². The normalized spacial score (nSPS) is 14.4. The number of rotatable bonds is 7. The van der Waals surface area contributed by atoms with Gasteiger partial charge >= 0.3 is 0 Å². The van der Waals surface area contributed by atoms with E-state index < -0.39 is 0 Å². The summed E-state index contributed by atoms with van der Waals surface area (Å²) in [5.41, 5.74) is 0. The molecule has 0 aromatic heterocycles. The third-order valence-corrected chi connectivity index (χ3v) is 2.81. The Hall–Kier alpha value is 0. The van der Waals surface area contributed by atoms with Crippen LogP contribution in [0.15, 0.2) is 0 Å². The predicted octanol–water partition coefficient (Wildman–Crippen LogP) is 5.91. The zero-order chi connectivity index (χ0) is 12.3. The second kappa shape index (κ2) is 12.1. The molecule has 0 saturated carbocycles. The summed E-state index contributed by atoms with van der Waals surface area (Å²) >= 11 is 0. The van der Waals surface area contributed by atoms with Gasteiger partial charge in [0.25, 0.3) is 0 Å². The summed E-state index contributed by atoms with van der Waals surface area (Å²) in [6, 6.07) is 0. The van der Waals surface area contributed by atoms with E-state index in [1.165, 1.54) is 32.1 Å². The first-order valence-corrected chi connectivity index (χ1v) is 7.06. The maximum absolute atomic E-state index is 2.40. The first-order chi connectivity index (χ1) is 7.06. The van der Waals surface area contributed by atoms with E-state index in [-0.39, 0.29) is 0 Å². The molecule has 0 rings (SSSR count). The molecular formula is C15H34. The van der Waals surface area contributed by atoms with Crippen LogP contribution in [0.4, 0.5) is 0 Å². The van der Waals surface area contributed by atoms with E-state index in [1.54, 1.807) is 0 Å². The van der Waals surface area contributed by atoms with E-state index in [4.69, 9.17) is 0 Å². The van der Waals surface area contributed by atoms with Gasteiger partial charge in [-0.15, -0.1) is 0 Å². The third-order valence-electron chi connectivity index (χ3n) is 2.81. The lowest BCUT2D eigenvalue weighted by Gasteiger charge is -2.16. The van der Waals surface area contributed by atoms with Crippen molar-refractivity contribution < 1.29 is 0 Å². The van der Waals surface area contributed by atoms with Gasteiger partial charge in [0.2, 0.25) is 0 Å². The van der Waals surface area contributed by atoms with Crippen molar-refractivity contribution >= 4 is 0 Å². The zero-order valence-electron chi connectivity index (χ0n) is 12.3. The molecule has 0 amide bonds. The van der Waals surface area contributed by atoms with Crippen LogP contribution in [0, 0.1) is 17.8 Å². The predicted molar refractivity (Wildman–Crippen MR) is 73.3 cm³/mol. The molecular weight excluding hydrogens is 180 g/mol. The van der Waals surface area contributed by atoms with Crippen molar-refractivity contribution in [2.75, 3.05) is 0 Å². The molecule has 0 saturated heterocycles. The standard InChI is InChI=1S/C13H28.C2H6/c1-6-7-12(4)8-9-13(5)10-11(2)3;1-2/h11-13H,6-10H2,1-5H3;1-2H3. The molecule has 0 aliphatic rings. The lowest BCUT2D eigenvalue weighted by atomic mass is 9.90. The van der Waals surface area contributed by atoms with Gasteiger partial charge in [-0.05, 0) is 24.2 Å². The van der Waals surface area contributed by atoms with Gasteiger partial charge in [-0.1, -0.05) is 74.1 Å². The van der Waals surface area contributed by atoms with Crippen LogP contribution in [0.25, 0.3) is 0 Å². The van der Waals surface area contributed by atoms with E-state index in [0.717, 1.165) is 17.8 Å². The van der Waals surface area contributed by atoms with Gasteiger partial charge in [0.15, 0.2) is 0 Å².